The fourth-order valence-corrected chi connectivity index (χ4v) is 36.8. The molecule has 0 aromatic carbocycles. The topological polar surface area (TPSA) is 162 Å². The molecule has 16 aliphatic rings. The molecule has 0 heterocycles. The van der Waals surface area contributed by atoms with E-state index in [-0.39, 0.29) is 36.6 Å². The van der Waals surface area contributed by atoms with Gasteiger partial charge in [0.15, 0.2) is 0 Å². The van der Waals surface area contributed by atoms with Crippen LogP contribution in [0, 0.1) is 233 Å². The molecule has 0 saturated heterocycles. The van der Waals surface area contributed by atoms with E-state index in [4.69, 9.17) is 0 Å². The zero-order chi connectivity index (χ0) is 89.6. The van der Waals surface area contributed by atoms with Crippen molar-refractivity contribution >= 4 is 12.1 Å². The third-order valence-corrected chi connectivity index (χ3v) is 45.1. The number of hydrogen-bond acceptors (Lipinski definition) is 9. The van der Waals surface area contributed by atoms with Gasteiger partial charge >= 0.3 is 0 Å². The Hall–Kier alpha value is -1.80. The monoisotopic (exact) mass is 1720 g/mol. The van der Waals surface area contributed by atoms with E-state index in [9.17, 15) is 44.7 Å². The molecule has 0 spiro atoms. The van der Waals surface area contributed by atoms with Crippen molar-refractivity contribution in [1.29, 1.82) is 0 Å². The zero-order valence-electron chi connectivity index (χ0n) is 82.6. The van der Waals surface area contributed by atoms with E-state index in [1.54, 1.807) is 0 Å². The third kappa shape index (κ3) is 18.9. The first-order valence-electron chi connectivity index (χ1n) is 52.5. The highest BCUT2D eigenvalue weighted by Crippen LogP contribution is 2.75. The van der Waals surface area contributed by atoms with E-state index in [0.29, 0.717) is 140 Å². The predicted molar refractivity (Wildman–Crippen MR) is 509 cm³/mol. The van der Waals surface area contributed by atoms with Crippen LogP contribution in [0.2, 0.25) is 0 Å². The molecule has 0 amide bonds. The van der Waals surface area contributed by atoms with Crippen LogP contribution in [-0.2, 0) is 0 Å². The second-order valence-electron chi connectivity index (χ2n) is 49.1. The summed E-state index contributed by atoms with van der Waals surface area (Å²) in [6.45, 7) is 46.0. The van der Waals surface area contributed by atoms with Gasteiger partial charge in [-0.15, -0.1) is 47.4 Å². The summed E-state index contributed by atoms with van der Waals surface area (Å²) < 4.78 is 10.2. The number of fused-ring (bicyclic) bond motifs is 20. The van der Waals surface area contributed by atoms with Crippen molar-refractivity contribution in [3.63, 3.8) is 0 Å². The van der Waals surface area contributed by atoms with Crippen LogP contribution in [0.25, 0.3) is 0 Å². The maximum atomic E-state index is 11.0. The Labute approximate surface area is 758 Å². The van der Waals surface area contributed by atoms with Gasteiger partial charge in [0.2, 0.25) is 0 Å². The largest absolute Gasteiger partial charge is 0.392 e. The number of rotatable bonds is 16. The molecule has 0 aliphatic heterocycles. The molecule has 0 radical (unpaired) electrons. The van der Waals surface area contributed by atoms with Gasteiger partial charge in [-0.2, -0.15) is 3.89 Å². The van der Waals surface area contributed by atoms with E-state index < -0.39 is 22.4 Å². The van der Waals surface area contributed by atoms with Crippen molar-refractivity contribution in [2.24, 2.45) is 185 Å². The Bertz CT molecular complexity index is 3270. The lowest BCUT2D eigenvalue weighted by atomic mass is 9.43. The maximum Gasteiger partial charge on any atom is 0.0677 e. The molecule has 40 atom stereocenters. The quantitative estimate of drug-likeness (QED) is 0.0704. The van der Waals surface area contributed by atoms with Crippen molar-refractivity contribution in [1.82, 2.24) is 0 Å². The zero-order valence-corrected chi connectivity index (χ0v) is 83.5. The lowest BCUT2D eigenvalue weighted by Crippen LogP contribution is -2.56. The van der Waals surface area contributed by atoms with Crippen LogP contribution in [0.15, 0.2) is 0 Å². The standard InChI is InChI=1S/4C28H46O2.CH3FS/c4*1-6-8-9-25(29)19(3)22-12-13-23-21-11-10-20-18-28(30,7-2)17-16-26(20,4)24(21)14-15-27(22,23)5;1-3-2/h4*19-25,29-30H,7,9-18H2,1-5H3;1H3/t19-,20-,21-,22+,23-,24-,25?,26-,27+,28-;2*19-,20-,21-,22+,23-,24-,25+,26-,27+,28-;19-,20-,21-,22+,23-,24-,25-,26-,27+,28-;/m0000./s1. The van der Waals surface area contributed by atoms with Crippen molar-refractivity contribution in [3.8, 4) is 47.4 Å². The van der Waals surface area contributed by atoms with Crippen LogP contribution in [0.3, 0.4) is 0 Å². The first-order valence-corrected chi connectivity index (χ1v) is 53.6. The SMILES string of the molecule is CC#CCC(O)[C@@H](C)[C@H]1CC[C@H]2[C@@H]3CC[C@H]4C[C@](O)(CC)CC[C@]4(C)[C@H]3CC[C@]12C.CC#CC[C@@H](O)[C@@H](C)[C@H]1CC[C@H]2[C@@H]3CC[C@H]4C[C@](O)(CC)CC[C@]4(C)[C@H]3CC[C@]12C.CC#CC[C@@H](O)[C@@H](C)[C@H]1CC[C@H]2[C@@H]3CC[C@H]4C[C@](O)(CC)CC[C@]4(C)[C@H]3CC[C@]12C.CC#CC[C@H](O)[C@@H](C)[C@H]1CC[C@H]2[C@@H]3CC[C@H]4C[C@](O)(CC)CC[C@]4(C)[C@H]3CC[C@]12C.CSF. The summed E-state index contributed by atoms with van der Waals surface area (Å²) in [6, 6.07) is 0. The lowest BCUT2D eigenvalue weighted by molar-refractivity contribution is -0.154. The molecule has 0 aromatic rings. The molecule has 700 valence electrons. The Morgan fingerprint density at radius 3 is 0.626 bits per heavy atom. The molecule has 0 aromatic heterocycles. The van der Waals surface area contributed by atoms with Gasteiger partial charge < -0.3 is 40.9 Å². The number of aliphatic hydroxyl groups is 8. The fraction of sp³-hybridized carbons (Fsp3) is 0.929. The van der Waals surface area contributed by atoms with Gasteiger partial charge in [-0.25, -0.2) is 0 Å². The van der Waals surface area contributed by atoms with Gasteiger partial charge in [-0.05, 0) is 470 Å². The normalized spacial score (nSPS) is 48.7. The van der Waals surface area contributed by atoms with Gasteiger partial charge in [-0.1, -0.05) is 111 Å². The molecule has 16 rings (SSSR count). The first kappa shape index (κ1) is 100. The second-order valence-corrected chi connectivity index (χ2v) is 49.4. The van der Waals surface area contributed by atoms with Crippen molar-refractivity contribution < 1.29 is 44.7 Å². The maximum absolute atomic E-state index is 11.0. The summed E-state index contributed by atoms with van der Waals surface area (Å²) in [5.74, 6) is 41.2. The van der Waals surface area contributed by atoms with Crippen molar-refractivity contribution in [3.05, 3.63) is 0 Å². The first-order chi connectivity index (χ1) is 58.1. The van der Waals surface area contributed by atoms with Crippen LogP contribution in [0.5, 0.6) is 0 Å². The summed E-state index contributed by atoms with van der Waals surface area (Å²) in [4.78, 5) is 0. The Morgan fingerprint density at radius 2 is 0.455 bits per heavy atom. The second kappa shape index (κ2) is 39.8. The lowest BCUT2D eigenvalue weighted by Gasteiger charge is -2.62. The van der Waals surface area contributed by atoms with Crippen LogP contribution in [0.4, 0.5) is 3.89 Å². The highest BCUT2D eigenvalue weighted by Gasteiger charge is 2.68. The van der Waals surface area contributed by atoms with Crippen molar-refractivity contribution in [2.45, 2.75) is 468 Å². The molecule has 16 aliphatic carbocycles. The average Bonchev–Trinajstić information content (AvgIpc) is 1.68. The summed E-state index contributed by atoms with van der Waals surface area (Å²) >= 11 is 0.250. The third-order valence-electron chi connectivity index (χ3n) is 45.1. The number of halogens is 1. The summed E-state index contributed by atoms with van der Waals surface area (Å²) in [6.07, 6.45) is 51.6. The molecule has 123 heavy (non-hydrogen) atoms. The fourth-order valence-electron chi connectivity index (χ4n) is 36.8. The molecule has 16 fully saturated rings. The summed E-state index contributed by atoms with van der Waals surface area (Å²) in [5.41, 5.74) is 1.72. The molecule has 0 bridgehead atoms. The summed E-state index contributed by atoms with van der Waals surface area (Å²) in [7, 11) is 0. The Morgan fingerprint density at radius 1 is 0.276 bits per heavy atom. The molecule has 16 saturated carbocycles. The van der Waals surface area contributed by atoms with Crippen LogP contribution < -0.4 is 0 Å². The van der Waals surface area contributed by atoms with Gasteiger partial charge in [0.05, 0.1) is 46.8 Å². The molecule has 8 nitrogen and oxygen atoms in total. The number of aliphatic hydroxyl groups excluding tert-OH is 4. The van der Waals surface area contributed by atoms with Crippen LogP contribution in [0.1, 0.15) is 421 Å². The predicted octanol–water partition coefficient (Wildman–Crippen LogP) is 26.0. The van der Waals surface area contributed by atoms with E-state index in [2.05, 4.69) is 158 Å². The molecule has 10 heteroatoms. The summed E-state index contributed by atoms with van der Waals surface area (Å²) in [5, 5.41) is 87.1. The van der Waals surface area contributed by atoms with Crippen LogP contribution >= 0.6 is 12.1 Å². The Balaban J connectivity index is 0.000000148. The van der Waals surface area contributed by atoms with E-state index in [1.165, 1.54) is 186 Å². The highest BCUT2D eigenvalue weighted by atomic mass is 32.2. The molecular weight excluding hydrogens is 1540 g/mol. The molecule has 1 unspecified atom stereocenters. The minimum absolute atomic E-state index is 0.250. The molecular formula is C113H187FO8S. The average molecular weight is 1720 g/mol. The van der Waals surface area contributed by atoms with Crippen LogP contribution in [-0.4, -0.2) is 93.9 Å². The van der Waals surface area contributed by atoms with Gasteiger partial charge in [0.25, 0.3) is 0 Å². The highest BCUT2D eigenvalue weighted by molar-refractivity contribution is 7.93. The Kier molecular flexibility index (Phi) is 32.4. The van der Waals surface area contributed by atoms with E-state index in [1.807, 2.05) is 27.7 Å². The molecule has 8 N–H and O–H groups in total. The van der Waals surface area contributed by atoms with E-state index >= 15 is 0 Å². The number of hydrogen-bond donors (Lipinski definition) is 8. The van der Waals surface area contributed by atoms with Gasteiger partial charge in [-0.3, -0.25) is 0 Å². The van der Waals surface area contributed by atoms with Gasteiger partial charge in [0, 0.05) is 44.1 Å². The minimum Gasteiger partial charge on any atom is -0.392 e. The minimum atomic E-state index is -0.397. The van der Waals surface area contributed by atoms with Crippen molar-refractivity contribution in [2.75, 3.05) is 6.26 Å². The van der Waals surface area contributed by atoms with E-state index in [0.717, 1.165) is 148 Å². The van der Waals surface area contributed by atoms with Gasteiger partial charge in [0.1, 0.15) is 0 Å². The smallest absolute Gasteiger partial charge is 0.0677 e.